The van der Waals surface area contributed by atoms with Gasteiger partial charge >= 0.3 is 0 Å². The smallest absolute Gasteiger partial charge is 0.290 e. The number of nitrogens with one attached hydrogen (secondary N) is 3. The largest absolute Gasteiger partial charge is 0.503 e. The number of hydrogen-bond donors (Lipinski definition) is 4. The molecule has 0 aliphatic heterocycles. The first kappa shape index (κ1) is 22.5. The van der Waals surface area contributed by atoms with Gasteiger partial charge < -0.3 is 20.6 Å². The van der Waals surface area contributed by atoms with Crippen molar-refractivity contribution in [3.05, 3.63) is 68.6 Å². The molecule has 168 valence electrons. The second-order valence-corrected chi connectivity index (χ2v) is 7.32. The summed E-state index contributed by atoms with van der Waals surface area (Å²) in [6.07, 6.45) is 1.72. The Kier molecular flexibility index (Phi) is 6.57. The Morgan fingerprint density at radius 1 is 1.19 bits per heavy atom. The average Bonchev–Trinajstić information content (AvgIpc) is 2.78. The van der Waals surface area contributed by atoms with Crippen molar-refractivity contribution < 1.29 is 9.90 Å². The van der Waals surface area contributed by atoms with Crippen LogP contribution in [-0.2, 0) is 7.05 Å². The minimum absolute atomic E-state index is 0.00505. The van der Waals surface area contributed by atoms with Crippen LogP contribution in [0, 0.1) is 0 Å². The van der Waals surface area contributed by atoms with Crippen molar-refractivity contribution >= 4 is 23.1 Å². The number of rotatable bonds is 7. The Hall–Kier alpha value is -4.15. The van der Waals surface area contributed by atoms with Gasteiger partial charge in [-0.05, 0) is 12.0 Å². The van der Waals surface area contributed by atoms with E-state index in [1.165, 1.54) is 26.0 Å². The highest BCUT2D eigenvalue weighted by atomic mass is 16.3. The maximum absolute atomic E-state index is 12.9. The maximum Gasteiger partial charge on any atom is 0.290 e. The fraction of sp³-hybridized carbons (Fsp3) is 0.286. The van der Waals surface area contributed by atoms with Gasteiger partial charge in [0.15, 0.2) is 17.3 Å². The lowest BCUT2D eigenvalue weighted by molar-refractivity contribution is 0.0818. The zero-order valence-electron chi connectivity index (χ0n) is 18.2. The molecule has 0 saturated heterocycles. The van der Waals surface area contributed by atoms with Crippen LogP contribution in [0.5, 0.6) is 5.75 Å². The van der Waals surface area contributed by atoms with Gasteiger partial charge in [-0.3, -0.25) is 24.2 Å². The van der Waals surface area contributed by atoms with Crippen LogP contribution in [-0.4, -0.2) is 49.8 Å². The van der Waals surface area contributed by atoms with E-state index in [4.69, 9.17) is 0 Å². The molecular formula is C21H25N7O4. The third-order valence-electron chi connectivity index (χ3n) is 4.87. The van der Waals surface area contributed by atoms with Gasteiger partial charge in [-0.2, -0.15) is 0 Å². The summed E-state index contributed by atoms with van der Waals surface area (Å²) in [5.41, 5.74) is -0.536. The number of aromatic amines is 1. The van der Waals surface area contributed by atoms with Gasteiger partial charge in [0, 0.05) is 21.1 Å². The van der Waals surface area contributed by atoms with Crippen molar-refractivity contribution in [1.29, 1.82) is 0 Å². The Morgan fingerprint density at radius 2 is 1.88 bits per heavy atom. The zero-order chi connectivity index (χ0) is 23.4. The summed E-state index contributed by atoms with van der Waals surface area (Å²) in [5.74, 6) is -1.26. The van der Waals surface area contributed by atoms with Crippen molar-refractivity contribution in [3.63, 3.8) is 0 Å². The van der Waals surface area contributed by atoms with Crippen molar-refractivity contribution in [2.75, 3.05) is 24.7 Å². The van der Waals surface area contributed by atoms with Crippen LogP contribution in [0.15, 0.2) is 46.2 Å². The van der Waals surface area contributed by atoms with Gasteiger partial charge in [0.25, 0.3) is 17.0 Å². The lowest BCUT2D eigenvalue weighted by atomic mass is 10.0. The predicted octanol–water partition coefficient (Wildman–Crippen LogP) is 1.58. The lowest BCUT2D eigenvalue weighted by Crippen LogP contribution is -2.33. The lowest BCUT2D eigenvalue weighted by Gasteiger charge is -2.21. The Morgan fingerprint density at radius 3 is 2.50 bits per heavy atom. The van der Waals surface area contributed by atoms with Crippen molar-refractivity contribution in [3.8, 4) is 5.75 Å². The molecule has 32 heavy (non-hydrogen) atoms. The molecule has 4 N–H and O–H groups in total. The van der Waals surface area contributed by atoms with E-state index in [-0.39, 0.29) is 28.9 Å². The quantitative estimate of drug-likeness (QED) is 0.434. The molecule has 2 aromatic heterocycles. The Balaban J connectivity index is 2.08. The first-order valence-electron chi connectivity index (χ1n) is 9.92. The average molecular weight is 439 g/mol. The number of nitrogens with zero attached hydrogens (tertiary/aromatic N) is 4. The van der Waals surface area contributed by atoms with Crippen LogP contribution in [0.3, 0.4) is 0 Å². The molecule has 1 aromatic carbocycles. The number of carbonyl (C=O) groups excluding carboxylic acids is 1. The molecule has 0 saturated carbocycles. The van der Waals surface area contributed by atoms with E-state index in [2.05, 4.69) is 25.7 Å². The topological polar surface area (TPSA) is 145 Å². The summed E-state index contributed by atoms with van der Waals surface area (Å²) in [6.45, 7) is 1.95. The molecule has 0 spiro atoms. The van der Waals surface area contributed by atoms with Gasteiger partial charge in [0.1, 0.15) is 17.7 Å². The van der Waals surface area contributed by atoms with Gasteiger partial charge in [-0.25, -0.2) is 9.97 Å². The van der Waals surface area contributed by atoms with E-state index in [0.29, 0.717) is 6.42 Å². The van der Waals surface area contributed by atoms with Crippen LogP contribution in [0.4, 0.5) is 17.2 Å². The number of aromatic nitrogens is 4. The van der Waals surface area contributed by atoms with E-state index in [1.807, 2.05) is 37.3 Å². The second-order valence-electron chi connectivity index (χ2n) is 7.32. The number of H-pyrrole nitrogens is 1. The molecular weight excluding hydrogens is 414 g/mol. The predicted molar refractivity (Wildman–Crippen MR) is 120 cm³/mol. The van der Waals surface area contributed by atoms with E-state index in [9.17, 15) is 19.5 Å². The van der Waals surface area contributed by atoms with Crippen molar-refractivity contribution in [2.45, 2.75) is 19.4 Å². The van der Waals surface area contributed by atoms with Gasteiger partial charge in [0.2, 0.25) is 0 Å². The van der Waals surface area contributed by atoms with Crippen LogP contribution in [0.25, 0.3) is 0 Å². The standard InChI is InChI=1S/C21H25N7O4/c1-5-13(12-9-7-6-8-10-12)24-15-14(19(30)26-28(4)21(15)32)25-18-17(29)16(22-11-23-18)20(31)27(2)3/h6-11,13,24,29H,5H2,1-4H3,(H,26,30)(H,22,23,25)/t13-/m1/s1. The minimum Gasteiger partial charge on any atom is -0.503 e. The molecule has 0 aliphatic carbocycles. The monoisotopic (exact) mass is 439 g/mol. The molecule has 0 bridgehead atoms. The highest BCUT2D eigenvalue weighted by Crippen LogP contribution is 2.29. The van der Waals surface area contributed by atoms with Crippen LogP contribution in [0.1, 0.15) is 35.4 Å². The second kappa shape index (κ2) is 9.33. The molecule has 1 atom stereocenters. The number of benzene rings is 1. The SMILES string of the molecule is CC[C@@H](Nc1c(Nc2ncnc(C(=O)N(C)C)c2O)c(=O)[nH]n(C)c1=O)c1ccccc1. The van der Waals surface area contributed by atoms with Crippen molar-refractivity contribution in [2.24, 2.45) is 7.05 Å². The molecule has 0 fully saturated rings. The first-order chi connectivity index (χ1) is 15.2. The summed E-state index contributed by atoms with van der Waals surface area (Å²) in [6, 6.07) is 9.24. The molecule has 0 radical (unpaired) electrons. The molecule has 11 heteroatoms. The maximum atomic E-state index is 12.9. The third-order valence-corrected chi connectivity index (χ3v) is 4.87. The number of anilines is 3. The molecule has 1 amide bonds. The molecule has 0 unspecified atom stereocenters. The summed E-state index contributed by atoms with van der Waals surface area (Å²) in [5, 5.41) is 18.8. The van der Waals surface area contributed by atoms with Gasteiger partial charge in [-0.15, -0.1) is 0 Å². The van der Waals surface area contributed by atoms with E-state index < -0.39 is 22.8 Å². The molecule has 0 aliphatic rings. The summed E-state index contributed by atoms with van der Waals surface area (Å²) in [4.78, 5) is 46.9. The van der Waals surface area contributed by atoms with E-state index >= 15 is 0 Å². The van der Waals surface area contributed by atoms with Crippen molar-refractivity contribution in [1.82, 2.24) is 24.6 Å². The highest BCUT2D eigenvalue weighted by Gasteiger charge is 2.23. The number of carbonyl (C=O) groups is 1. The molecule has 11 nitrogen and oxygen atoms in total. The number of aryl methyl sites for hydroxylation is 1. The first-order valence-corrected chi connectivity index (χ1v) is 9.92. The summed E-state index contributed by atoms with van der Waals surface area (Å²) >= 11 is 0. The Bertz CT molecular complexity index is 1240. The van der Waals surface area contributed by atoms with Crippen LogP contribution >= 0.6 is 0 Å². The minimum atomic E-state index is -0.615. The zero-order valence-corrected chi connectivity index (χ0v) is 18.2. The number of aromatic hydroxyl groups is 1. The van der Waals surface area contributed by atoms with Crippen LogP contribution < -0.4 is 21.8 Å². The van der Waals surface area contributed by atoms with Gasteiger partial charge in [0.05, 0.1) is 6.04 Å². The highest BCUT2D eigenvalue weighted by molar-refractivity contribution is 5.96. The number of hydrogen-bond acceptors (Lipinski definition) is 8. The van der Waals surface area contributed by atoms with Gasteiger partial charge in [-0.1, -0.05) is 37.3 Å². The number of amides is 1. The van der Waals surface area contributed by atoms with E-state index in [0.717, 1.165) is 16.6 Å². The summed E-state index contributed by atoms with van der Waals surface area (Å²) < 4.78 is 1.06. The normalized spacial score (nSPS) is 11.6. The van der Waals surface area contributed by atoms with Crippen LogP contribution in [0.2, 0.25) is 0 Å². The van der Waals surface area contributed by atoms with E-state index in [1.54, 1.807) is 0 Å². The summed E-state index contributed by atoms with van der Waals surface area (Å²) in [7, 11) is 4.45. The molecule has 3 rings (SSSR count). The molecule has 3 aromatic rings. The fourth-order valence-electron chi connectivity index (χ4n) is 3.14. The molecule has 2 heterocycles. The third kappa shape index (κ3) is 4.46. The Labute approximate surface area is 183 Å². The fourth-order valence-corrected chi connectivity index (χ4v) is 3.14.